The molecule has 3 nitrogen and oxygen atoms in total. The van der Waals surface area contributed by atoms with Crippen molar-refractivity contribution < 1.29 is 14.0 Å². The molecule has 0 saturated carbocycles. The largest absolute Gasteiger partial charge is 0.437 e. The van der Waals surface area contributed by atoms with Crippen LogP contribution in [0.3, 0.4) is 0 Å². The van der Waals surface area contributed by atoms with Gasteiger partial charge in [0.2, 0.25) is 6.10 Å². The fraction of sp³-hybridized carbons (Fsp3) is 0.452. The van der Waals surface area contributed by atoms with Gasteiger partial charge in [-0.2, -0.15) is 0 Å². The van der Waals surface area contributed by atoms with Crippen LogP contribution in [-0.4, -0.2) is 27.0 Å². The lowest BCUT2D eigenvalue weighted by Gasteiger charge is -2.43. The highest BCUT2D eigenvalue weighted by Crippen LogP contribution is 2.36. The summed E-state index contributed by atoms with van der Waals surface area (Å²) in [7, 11) is -2.52. The number of esters is 1. The van der Waals surface area contributed by atoms with Crippen LogP contribution in [0, 0.1) is 23.7 Å². The van der Waals surface area contributed by atoms with Crippen molar-refractivity contribution in [2.75, 3.05) is 6.61 Å². The summed E-state index contributed by atoms with van der Waals surface area (Å²) in [6, 6.07) is 21.3. The van der Waals surface area contributed by atoms with Crippen LogP contribution in [0.1, 0.15) is 73.1 Å². The molecule has 186 valence electrons. The van der Waals surface area contributed by atoms with Crippen molar-refractivity contribution in [1.82, 2.24) is 0 Å². The van der Waals surface area contributed by atoms with Gasteiger partial charge in [-0.25, -0.2) is 0 Å². The van der Waals surface area contributed by atoms with E-state index in [0.717, 1.165) is 32.1 Å². The SMILES string of the molecule is CCCCCC#C[C@@H](C#CCCCO[Si](c1ccccc1)(c1ccccc1)C(C)(C)C)OC(C)=O. The van der Waals surface area contributed by atoms with Crippen LogP contribution in [0.15, 0.2) is 60.7 Å². The van der Waals surface area contributed by atoms with Gasteiger partial charge < -0.3 is 9.16 Å². The fourth-order valence-electron chi connectivity index (χ4n) is 4.20. The summed E-state index contributed by atoms with van der Waals surface area (Å²) in [4.78, 5) is 11.4. The molecule has 4 heteroatoms. The zero-order valence-corrected chi connectivity index (χ0v) is 23.0. The molecule has 0 aliphatic rings. The maximum Gasteiger partial charge on any atom is 0.304 e. The van der Waals surface area contributed by atoms with Crippen LogP contribution >= 0.6 is 0 Å². The Balaban J connectivity index is 2.11. The quantitative estimate of drug-likeness (QED) is 0.182. The summed E-state index contributed by atoms with van der Waals surface area (Å²) in [5, 5.41) is 2.51. The molecule has 0 aromatic heterocycles. The van der Waals surface area contributed by atoms with Crippen LogP contribution < -0.4 is 10.4 Å². The highest BCUT2D eigenvalue weighted by atomic mass is 28.4. The number of hydrogen-bond donors (Lipinski definition) is 0. The van der Waals surface area contributed by atoms with E-state index in [1.807, 2.05) is 0 Å². The molecule has 0 aliphatic heterocycles. The highest BCUT2D eigenvalue weighted by molar-refractivity contribution is 6.99. The van der Waals surface area contributed by atoms with Gasteiger partial charge in [-0.3, -0.25) is 4.79 Å². The molecule has 2 rings (SSSR count). The van der Waals surface area contributed by atoms with Gasteiger partial charge in [0.1, 0.15) is 0 Å². The maximum atomic E-state index is 11.4. The minimum atomic E-state index is -2.52. The first-order chi connectivity index (χ1) is 16.8. The lowest BCUT2D eigenvalue weighted by atomic mass is 10.2. The summed E-state index contributed by atoms with van der Waals surface area (Å²) in [5.74, 6) is 11.9. The number of carbonyl (C=O) groups excluding carboxylic acids is 1. The molecule has 2 aromatic carbocycles. The Morgan fingerprint density at radius 2 is 1.37 bits per heavy atom. The van der Waals surface area contributed by atoms with Crippen LogP contribution in [-0.2, 0) is 14.0 Å². The van der Waals surface area contributed by atoms with E-state index in [9.17, 15) is 4.79 Å². The smallest absolute Gasteiger partial charge is 0.304 e. The lowest BCUT2D eigenvalue weighted by molar-refractivity contribution is -0.141. The monoisotopic (exact) mass is 488 g/mol. The molecule has 0 bridgehead atoms. The molecule has 0 fully saturated rings. The number of unbranched alkanes of at least 4 members (excludes halogenated alkanes) is 4. The van der Waals surface area contributed by atoms with Gasteiger partial charge in [0.15, 0.2) is 0 Å². The van der Waals surface area contributed by atoms with Gasteiger partial charge in [-0.15, -0.1) is 0 Å². The summed E-state index contributed by atoms with van der Waals surface area (Å²) >= 11 is 0. The molecule has 0 heterocycles. The third-order valence-corrected chi connectivity index (χ3v) is 10.9. The second-order valence-corrected chi connectivity index (χ2v) is 14.0. The van der Waals surface area contributed by atoms with Gasteiger partial charge in [-0.05, 0) is 40.1 Å². The van der Waals surface area contributed by atoms with E-state index >= 15 is 0 Å². The van der Waals surface area contributed by atoms with Crippen LogP contribution in [0.2, 0.25) is 5.04 Å². The molecule has 2 aromatic rings. The third kappa shape index (κ3) is 8.73. The normalized spacial score (nSPS) is 12.0. The first-order valence-electron chi connectivity index (χ1n) is 12.7. The number of ether oxygens (including phenoxy) is 1. The number of hydrogen-bond acceptors (Lipinski definition) is 3. The van der Waals surface area contributed by atoms with Crippen molar-refractivity contribution in [3.63, 3.8) is 0 Å². The Labute approximate surface area is 213 Å². The summed E-state index contributed by atoms with van der Waals surface area (Å²) in [6.07, 6.45) is 4.98. The standard InChI is InChI=1S/C31H40O3Si/c1-6-7-8-9-13-20-28(34-27(2)32)21-14-12-19-26-33-35(31(3,4)5,29-22-15-10-16-23-29)30-24-17-11-18-25-30/h10-11,15-18,22-25,28H,6-9,12,19,26H2,1-5H3/t28-/m0/s1. The number of carbonyl (C=O) groups is 1. The van der Waals surface area contributed by atoms with Crippen LogP contribution in [0.4, 0.5) is 0 Å². The number of rotatable bonds is 10. The number of benzene rings is 2. The molecule has 0 radical (unpaired) electrons. The fourth-order valence-corrected chi connectivity index (χ4v) is 8.81. The molecule has 0 spiro atoms. The maximum absolute atomic E-state index is 11.4. The van der Waals surface area contributed by atoms with Gasteiger partial charge in [0, 0.05) is 26.4 Å². The summed E-state index contributed by atoms with van der Waals surface area (Å²) in [5.41, 5.74) is 0. The van der Waals surface area contributed by atoms with Gasteiger partial charge in [0.05, 0.1) is 0 Å². The van der Waals surface area contributed by atoms with Crippen LogP contribution in [0.5, 0.6) is 0 Å². The van der Waals surface area contributed by atoms with E-state index in [-0.39, 0.29) is 11.0 Å². The van der Waals surface area contributed by atoms with E-state index in [4.69, 9.17) is 9.16 Å². The van der Waals surface area contributed by atoms with Crippen molar-refractivity contribution in [3.8, 4) is 23.7 Å². The predicted octanol–water partition coefficient (Wildman–Crippen LogP) is 5.86. The molecule has 35 heavy (non-hydrogen) atoms. The molecule has 0 unspecified atom stereocenters. The lowest BCUT2D eigenvalue weighted by Crippen LogP contribution is -2.66. The third-order valence-electron chi connectivity index (χ3n) is 5.84. The minimum absolute atomic E-state index is 0.0465. The van der Waals surface area contributed by atoms with Crippen LogP contribution in [0.25, 0.3) is 0 Å². The molecule has 0 aliphatic carbocycles. The first-order valence-corrected chi connectivity index (χ1v) is 14.6. The molecule has 0 N–H and O–H groups in total. The van der Waals surface area contributed by atoms with Gasteiger partial charge in [-0.1, -0.05) is 113 Å². The van der Waals surface area contributed by atoms with Gasteiger partial charge in [0.25, 0.3) is 8.32 Å². The van der Waals surface area contributed by atoms with Gasteiger partial charge >= 0.3 is 5.97 Å². The Kier molecular flexibility index (Phi) is 11.8. The molecule has 0 amide bonds. The Hall–Kier alpha value is -2.79. The van der Waals surface area contributed by atoms with E-state index in [2.05, 4.69) is 112 Å². The molecular weight excluding hydrogens is 448 g/mol. The van der Waals surface area contributed by atoms with E-state index in [1.54, 1.807) is 0 Å². The van der Waals surface area contributed by atoms with E-state index in [0.29, 0.717) is 13.0 Å². The summed E-state index contributed by atoms with van der Waals surface area (Å²) in [6.45, 7) is 11.0. The second-order valence-electron chi connectivity index (χ2n) is 9.70. The molecule has 1 atom stereocenters. The summed E-state index contributed by atoms with van der Waals surface area (Å²) < 4.78 is 12.2. The Morgan fingerprint density at radius 1 is 0.857 bits per heavy atom. The first kappa shape index (κ1) is 28.4. The Bertz CT molecular complexity index is 978. The molecular formula is C31H40O3Si. The Morgan fingerprint density at radius 3 is 1.83 bits per heavy atom. The average Bonchev–Trinajstić information content (AvgIpc) is 2.83. The molecule has 0 saturated heterocycles. The predicted molar refractivity (Wildman–Crippen MR) is 148 cm³/mol. The highest BCUT2D eigenvalue weighted by Gasteiger charge is 2.49. The van der Waals surface area contributed by atoms with Crippen molar-refractivity contribution in [1.29, 1.82) is 0 Å². The van der Waals surface area contributed by atoms with Crippen molar-refractivity contribution in [2.24, 2.45) is 0 Å². The zero-order valence-electron chi connectivity index (χ0n) is 22.0. The average molecular weight is 489 g/mol. The topological polar surface area (TPSA) is 35.5 Å². The minimum Gasteiger partial charge on any atom is -0.437 e. The van der Waals surface area contributed by atoms with Crippen molar-refractivity contribution in [3.05, 3.63) is 60.7 Å². The zero-order chi connectivity index (χ0) is 25.6. The van der Waals surface area contributed by atoms with E-state index in [1.165, 1.54) is 17.3 Å². The van der Waals surface area contributed by atoms with E-state index < -0.39 is 14.4 Å². The van der Waals surface area contributed by atoms with Crippen molar-refractivity contribution >= 4 is 24.7 Å². The van der Waals surface area contributed by atoms with Crippen molar-refractivity contribution in [2.45, 2.75) is 84.3 Å². The second kappa shape index (κ2) is 14.6.